The minimum absolute atomic E-state index is 0.00179. The maximum Gasteiger partial charge on any atom is 0.330 e. The lowest BCUT2D eigenvalue weighted by Gasteiger charge is -2.56. The van der Waals surface area contributed by atoms with Crippen LogP contribution in [0, 0.1) is 10.8 Å². The van der Waals surface area contributed by atoms with Gasteiger partial charge in [-0.3, -0.25) is 14.4 Å². The standard InChI is InChI=1S/C75H102O16SSi/c1-51-39-58(37-38-72(10,11)75(83-17)69(79)56(42-67(77)81-15)41-59(90-75)44-65(85-49-55-33-35-57(80-14)36-34-55)52(2)86-50-84-48-54-27-21-18-22-28-54)88-62(40-51)47-74(82-16)73(12,13)66(87-53(3)76)45-60(89-74)43-61(46-68(78)92-70(4,5)6)91-93(71(7,8)9,63-29-23-19-24-30-63)64-31-25-20-26-32-64/h18-38,42,52,58-62,65-66H,1,39-41,43-50H2,2-17H3/t52-,58+,59+,60-,61-,62+,65-,66+,74+,75-/m1/s1. The number of hydrogen-bond donors (Lipinski definition) is 0. The minimum atomic E-state index is -3.23. The van der Waals surface area contributed by atoms with Gasteiger partial charge in [-0.25, -0.2) is 4.79 Å². The number of carbonyl (C=O) groups is 4. The first-order valence-corrected chi connectivity index (χ1v) is 35.1. The fraction of sp³-hybridized carbons (Fsp3) is 0.547. The number of Topliss-reactive ketones (excluding diaryl/α,β-unsaturated/α-hetero) is 1. The Hall–Kier alpha value is -5.61. The Balaban J connectivity index is 1.17. The van der Waals surface area contributed by atoms with Crippen molar-refractivity contribution >= 4 is 53.3 Å². The van der Waals surface area contributed by atoms with Crippen molar-refractivity contribution in [3.8, 4) is 5.75 Å². The van der Waals surface area contributed by atoms with Crippen molar-refractivity contribution in [3.05, 3.63) is 162 Å². The van der Waals surface area contributed by atoms with Gasteiger partial charge in [0.05, 0.1) is 75.6 Å². The highest BCUT2D eigenvalue weighted by atomic mass is 32.2. The summed E-state index contributed by atoms with van der Waals surface area (Å²) in [7, 11) is 2.68. The highest BCUT2D eigenvalue weighted by molar-refractivity contribution is 8.14. The summed E-state index contributed by atoms with van der Waals surface area (Å²) in [6, 6.07) is 38.1. The van der Waals surface area contributed by atoms with Crippen molar-refractivity contribution in [1.82, 2.24) is 0 Å². The van der Waals surface area contributed by atoms with Crippen molar-refractivity contribution in [2.24, 2.45) is 10.8 Å². The summed E-state index contributed by atoms with van der Waals surface area (Å²) in [6.07, 6.45) is 2.20. The highest BCUT2D eigenvalue weighted by Gasteiger charge is 2.61. The van der Waals surface area contributed by atoms with Crippen molar-refractivity contribution in [2.45, 2.75) is 218 Å². The molecule has 3 fully saturated rings. The van der Waals surface area contributed by atoms with Gasteiger partial charge in [-0.2, -0.15) is 0 Å². The lowest BCUT2D eigenvalue weighted by atomic mass is 9.70. The van der Waals surface area contributed by atoms with E-state index >= 15 is 4.79 Å². The Kier molecular flexibility index (Phi) is 26.1. The van der Waals surface area contributed by atoms with Crippen LogP contribution >= 0.6 is 11.8 Å². The maximum absolute atomic E-state index is 15.1. The van der Waals surface area contributed by atoms with Crippen LogP contribution in [-0.4, -0.2) is 132 Å². The van der Waals surface area contributed by atoms with Gasteiger partial charge in [0.2, 0.25) is 11.6 Å². The van der Waals surface area contributed by atoms with Gasteiger partial charge >= 0.3 is 11.9 Å². The first-order valence-electron chi connectivity index (χ1n) is 32.4. The van der Waals surface area contributed by atoms with Gasteiger partial charge in [-0.15, -0.1) is 0 Å². The van der Waals surface area contributed by atoms with Crippen molar-refractivity contribution in [3.63, 3.8) is 0 Å². The smallest absolute Gasteiger partial charge is 0.330 e. The van der Waals surface area contributed by atoms with Gasteiger partial charge < -0.3 is 56.5 Å². The fourth-order valence-electron chi connectivity index (χ4n) is 13.3. The van der Waals surface area contributed by atoms with E-state index < -0.39 is 102 Å². The third kappa shape index (κ3) is 18.9. The third-order valence-electron chi connectivity index (χ3n) is 18.1. The molecule has 0 N–H and O–H groups in total. The Morgan fingerprint density at radius 3 is 1.91 bits per heavy atom. The monoisotopic (exact) mass is 1320 g/mol. The second kappa shape index (κ2) is 32.4. The molecule has 4 aromatic rings. The molecule has 4 aromatic carbocycles. The Bertz CT molecular complexity index is 3120. The van der Waals surface area contributed by atoms with Crippen LogP contribution in [0.4, 0.5) is 0 Å². The van der Waals surface area contributed by atoms with Crippen molar-refractivity contribution in [1.29, 1.82) is 0 Å². The summed E-state index contributed by atoms with van der Waals surface area (Å²) in [5, 5.41) is 1.76. The fourth-order valence-corrected chi connectivity index (χ4v) is 18.9. The Morgan fingerprint density at radius 2 is 1.35 bits per heavy atom. The van der Waals surface area contributed by atoms with Gasteiger partial charge in [-0.1, -0.05) is 208 Å². The zero-order chi connectivity index (χ0) is 68.0. The highest BCUT2D eigenvalue weighted by Crippen LogP contribution is 2.52. The normalized spacial score (nSPS) is 24.5. The molecule has 18 heteroatoms. The summed E-state index contributed by atoms with van der Waals surface area (Å²) in [5.41, 5.74) is 0.819. The van der Waals surface area contributed by atoms with Crippen LogP contribution < -0.4 is 15.1 Å². The number of hydrogen-bond acceptors (Lipinski definition) is 17. The van der Waals surface area contributed by atoms with E-state index in [9.17, 15) is 14.4 Å². The van der Waals surface area contributed by atoms with E-state index in [1.807, 2.05) is 159 Å². The molecule has 3 saturated heterocycles. The Morgan fingerprint density at radius 1 is 0.742 bits per heavy atom. The molecule has 0 radical (unpaired) electrons. The largest absolute Gasteiger partial charge is 0.497 e. The first-order chi connectivity index (χ1) is 43.9. The van der Waals surface area contributed by atoms with Gasteiger partial charge in [-0.05, 0) is 64.9 Å². The Labute approximate surface area is 558 Å². The van der Waals surface area contributed by atoms with Crippen LogP contribution in [0.25, 0.3) is 0 Å². The van der Waals surface area contributed by atoms with Gasteiger partial charge in [0.15, 0.2) is 10.9 Å². The zero-order valence-corrected chi connectivity index (χ0v) is 59.6. The molecule has 0 amide bonds. The second-order valence-corrected chi connectivity index (χ2v) is 34.1. The number of methoxy groups -OCH3 is 4. The molecule has 10 atom stereocenters. The quantitative estimate of drug-likeness (QED) is 0.0125. The lowest BCUT2D eigenvalue weighted by Crippen LogP contribution is -2.68. The number of rotatable bonds is 29. The molecule has 16 nitrogen and oxygen atoms in total. The van der Waals surface area contributed by atoms with Gasteiger partial charge in [0.1, 0.15) is 18.6 Å². The molecule has 3 heterocycles. The van der Waals surface area contributed by atoms with Crippen molar-refractivity contribution < 1.29 is 75.7 Å². The van der Waals surface area contributed by atoms with Crippen LogP contribution in [-0.2, 0) is 84.2 Å². The molecule has 0 spiro atoms. The molecule has 7 rings (SSSR count). The van der Waals surface area contributed by atoms with Crippen LogP contribution in [0.3, 0.4) is 0 Å². The molecule has 0 saturated carbocycles. The summed E-state index contributed by atoms with van der Waals surface area (Å²) < 4.78 is 77.5. The van der Waals surface area contributed by atoms with Crippen LogP contribution in [0.2, 0.25) is 5.04 Å². The molecule has 0 aliphatic carbocycles. The molecule has 93 heavy (non-hydrogen) atoms. The maximum atomic E-state index is 15.1. The minimum Gasteiger partial charge on any atom is -0.497 e. The van der Waals surface area contributed by atoms with E-state index in [1.165, 1.54) is 39.0 Å². The predicted molar refractivity (Wildman–Crippen MR) is 364 cm³/mol. The third-order valence-corrected chi connectivity index (χ3v) is 24.2. The molecule has 0 unspecified atom stereocenters. The molecule has 508 valence electrons. The number of thioether (sulfide) groups is 1. The summed E-state index contributed by atoms with van der Waals surface area (Å²) in [4.78, 5) is 55.7. The van der Waals surface area contributed by atoms with Crippen LogP contribution in [0.5, 0.6) is 5.75 Å². The van der Waals surface area contributed by atoms with E-state index in [1.54, 1.807) is 14.2 Å². The molecular formula is C75H102O16SSi. The van der Waals surface area contributed by atoms with Crippen LogP contribution in [0.1, 0.15) is 146 Å². The zero-order valence-electron chi connectivity index (χ0n) is 57.7. The summed E-state index contributed by atoms with van der Waals surface area (Å²) in [6.45, 7) is 28.8. The second-order valence-electron chi connectivity index (χ2n) is 28.0. The number of ether oxygens (including phenoxy) is 11. The lowest BCUT2D eigenvalue weighted by molar-refractivity contribution is -0.358. The van der Waals surface area contributed by atoms with E-state index in [2.05, 4.69) is 51.6 Å². The molecule has 3 aliphatic heterocycles. The molecule has 0 aromatic heterocycles. The van der Waals surface area contributed by atoms with E-state index in [-0.39, 0.29) is 60.9 Å². The SMILES string of the molecule is C=C1C[C@@H](C[C@]2(OC)O[C@H](C[C@H](CC(=O)SC(C)(C)C)O[Si](c3ccccc3)(c3ccccc3)C(C)(C)C)C[C@H](OC(C)=O)C2(C)C)O[C@@H](C=CC(C)(C)[C@]2(OC)O[C@H](C[C@@H](OCc3ccc(OC)cc3)[C@@H](C)OCOCc3ccccc3)CC(=CC(=O)OC)C2=O)C1. The molecule has 3 aliphatic rings. The topological polar surface area (TPSA) is 179 Å². The van der Waals surface area contributed by atoms with Crippen LogP contribution in [0.15, 0.2) is 151 Å². The predicted octanol–water partition coefficient (Wildman–Crippen LogP) is 13.3. The number of benzene rings is 4. The van der Waals surface area contributed by atoms with Gasteiger partial charge in [0, 0.05) is 75.1 Å². The van der Waals surface area contributed by atoms with E-state index in [4.69, 9.17) is 56.5 Å². The number of ketones is 1. The van der Waals surface area contributed by atoms with Gasteiger partial charge in [0.25, 0.3) is 8.32 Å². The molecular weight excluding hydrogens is 1220 g/mol. The van der Waals surface area contributed by atoms with E-state index in [0.717, 1.165) is 27.1 Å². The number of esters is 2. The summed E-state index contributed by atoms with van der Waals surface area (Å²) in [5.74, 6) is -4.34. The average molecular weight is 1320 g/mol. The first kappa shape index (κ1) is 74.8. The average Bonchev–Trinajstić information content (AvgIpc) is 0.756. The molecule has 0 bridgehead atoms. The summed E-state index contributed by atoms with van der Waals surface area (Å²) >= 11 is 1.30. The van der Waals surface area contributed by atoms with Crippen molar-refractivity contribution in [2.75, 3.05) is 35.2 Å². The van der Waals surface area contributed by atoms with E-state index in [0.29, 0.717) is 31.6 Å². The number of carbonyl (C=O) groups excluding carboxylic acids is 4.